The van der Waals surface area contributed by atoms with Crippen LogP contribution in [0.15, 0.2) is 12.7 Å². The molecule has 0 atom stereocenters. The maximum atomic E-state index is 6.45. The van der Waals surface area contributed by atoms with Gasteiger partial charge in [-0.15, -0.1) is 18.3 Å². The van der Waals surface area contributed by atoms with E-state index in [0.717, 1.165) is 17.5 Å². The smallest absolute Gasteiger partial charge is 0.0690 e. The molecule has 0 aliphatic rings. The van der Waals surface area contributed by atoms with Gasteiger partial charge in [0.15, 0.2) is 0 Å². The molecule has 5 heavy (non-hydrogen) atoms. The molecule has 0 fully saturated rings. The van der Waals surface area contributed by atoms with E-state index in [-0.39, 0.29) is 0 Å². The standard InChI is InChI=1S/C4H5S/c1-3-4-5-2/h3H,1,4H2. The minimum absolute atomic E-state index is 0.736. The zero-order valence-corrected chi connectivity index (χ0v) is 3.72. The Morgan fingerprint density at radius 2 is 2.60 bits per heavy atom. The lowest BCUT2D eigenvalue weighted by Gasteiger charge is -1.72. The third kappa shape index (κ3) is 4.09. The first-order valence-corrected chi connectivity index (χ1v) is 2.29. The minimum atomic E-state index is 0.736. The van der Waals surface area contributed by atoms with Gasteiger partial charge in [-0.2, -0.15) is 0 Å². The zero-order valence-electron chi connectivity index (χ0n) is 2.90. The van der Waals surface area contributed by atoms with Crippen molar-refractivity contribution in [3.8, 4) is 0 Å². The van der Waals surface area contributed by atoms with E-state index in [2.05, 4.69) is 6.58 Å². The average molecular weight is 85.2 g/mol. The topological polar surface area (TPSA) is 0 Å². The van der Waals surface area contributed by atoms with Crippen molar-refractivity contribution < 1.29 is 0 Å². The van der Waals surface area contributed by atoms with Gasteiger partial charge in [0.05, 0.1) is 6.26 Å². The van der Waals surface area contributed by atoms with Gasteiger partial charge in [-0.05, 0) is 0 Å². The summed E-state index contributed by atoms with van der Waals surface area (Å²) >= 11 is 1.03. The quantitative estimate of drug-likeness (QED) is 0.457. The van der Waals surface area contributed by atoms with Crippen LogP contribution >= 0.6 is 11.8 Å². The van der Waals surface area contributed by atoms with Gasteiger partial charge in [-0.1, -0.05) is 6.08 Å². The molecule has 0 aliphatic heterocycles. The molecule has 0 saturated carbocycles. The Hall–Kier alpha value is 0.0900. The van der Waals surface area contributed by atoms with Gasteiger partial charge in [-0.3, -0.25) is 0 Å². The van der Waals surface area contributed by atoms with Crippen LogP contribution in [-0.4, -0.2) is 5.75 Å². The van der Waals surface area contributed by atoms with Crippen molar-refractivity contribution in [3.05, 3.63) is 18.9 Å². The van der Waals surface area contributed by atoms with Gasteiger partial charge in [0.2, 0.25) is 0 Å². The number of rotatable bonds is 2. The Labute approximate surface area is 37.3 Å². The van der Waals surface area contributed by atoms with Gasteiger partial charge < -0.3 is 0 Å². The summed E-state index contributed by atoms with van der Waals surface area (Å²) in [7, 11) is 0. The largest absolute Gasteiger partial charge is 0.146 e. The Morgan fingerprint density at radius 3 is 2.60 bits per heavy atom. The summed E-state index contributed by atoms with van der Waals surface area (Å²) in [6.45, 7) is 3.41. The van der Waals surface area contributed by atoms with Crippen molar-refractivity contribution in [1.29, 1.82) is 0 Å². The Morgan fingerprint density at radius 1 is 2.00 bits per heavy atom. The first-order valence-electron chi connectivity index (χ1n) is 1.31. The average Bonchev–Trinajstić information content (AvgIpc) is 1.41. The van der Waals surface area contributed by atoms with Crippen LogP contribution in [0.4, 0.5) is 0 Å². The van der Waals surface area contributed by atoms with E-state index in [4.69, 9.17) is 6.26 Å². The third-order valence-corrected chi connectivity index (χ3v) is 0.604. The highest BCUT2D eigenvalue weighted by Gasteiger charge is 1.62. The summed E-state index contributed by atoms with van der Waals surface area (Å²) in [5.74, 6) is 0.736. The Kier molecular flexibility index (Phi) is 4.16. The molecule has 0 heterocycles. The highest BCUT2D eigenvalue weighted by molar-refractivity contribution is 8.00. The van der Waals surface area contributed by atoms with E-state index in [9.17, 15) is 0 Å². The van der Waals surface area contributed by atoms with Crippen LogP contribution in [0.2, 0.25) is 0 Å². The van der Waals surface area contributed by atoms with Crippen molar-refractivity contribution >= 4 is 11.8 Å². The number of thioether (sulfide) groups is 1. The van der Waals surface area contributed by atoms with E-state index in [1.165, 1.54) is 0 Å². The van der Waals surface area contributed by atoms with Gasteiger partial charge in [0.25, 0.3) is 0 Å². The van der Waals surface area contributed by atoms with Crippen LogP contribution in [0.1, 0.15) is 0 Å². The minimum Gasteiger partial charge on any atom is -0.146 e. The Bertz CT molecular complexity index is 24.8. The van der Waals surface area contributed by atoms with E-state index in [1.54, 1.807) is 6.08 Å². The molecule has 3 radical (unpaired) electrons. The molecule has 0 amide bonds. The molecule has 0 bridgehead atoms. The second-order valence-electron chi connectivity index (χ2n) is 0.600. The Balaban J connectivity index is 2.40. The fourth-order valence-electron chi connectivity index (χ4n) is 0.0589. The molecule has 0 unspecified atom stereocenters. The predicted octanol–water partition coefficient (Wildman–Crippen LogP) is 1.45. The number of hydrogen-bond donors (Lipinski definition) is 0. The normalized spacial score (nSPS) is 7.40. The maximum absolute atomic E-state index is 6.45. The first kappa shape index (κ1) is 5.09. The molecule has 0 aromatic rings. The monoisotopic (exact) mass is 85.0 g/mol. The molecule has 0 nitrogen and oxygen atoms in total. The van der Waals surface area contributed by atoms with E-state index in [1.807, 2.05) is 0 Å². The summed E-state index contributed by atoms with van der Waals surface area (Å²) in [6, 6.07) is 0. The lowest BCUT2D eigenvalue weighted by Crippen LogP contribution is -1.55. The van der Waals surface area contributed by atoms with Gasteiger partial charge in [-0.25, -0.2) is 0 Å². The summed E-state index contributed by atoms with van der Waals surface area (Å²) in [5, 5.41) is 0. The summed E-state index contributed by atoms with van der Waals surface area (Å²) in [5.41, 5.74) is 0. The first-order chi connectivity index (χ1) is 2.41. The molecule has 0 N–H and O–H groups in total. The summed E-state index contributed by atoms with van der Waals surface area (Å²) in [4.78, 5) is 0. The summed E-state index contributed by atoms with van der Waals surface area (Å²) in [6.07, 6.45) is 8.15. The zero-order chi connectivity index (χ0) is 4.12. The van der Waals surface area contributed by atoms with Gasteiger partial charge in [0, 0.05) is 5.75 Å². The van der Waals surface area contributed by atoms with Crippen molar-refractivity contribution in [2.24, 2.45) is 0 Å². The lowest BCUT2D eigenvalue weighted by atomic mass is 10.8. The summed E-state index contributed by atoms with van der Waals surface area (Å²) < 4.78 is 0. The van der Waals surface area contributed by atoms with Crippen LogP contribution in [0.5, 0.6) is 0 Å². The van der Waals surface area contributed by atoms with Crippen LogP contribution in [0.3, 0.4) is 0 Å². The fraction of sp³-hybridized carbons (Fsp3) is 0.250. The van der Waals surface area contributed by atoms with Gasteiger partial charge in [0.1, 0.15) is 0 Å². The molecular formula is C4H5S. The van der Waals surface area contributed by atoms with Crippen LogP contribution in [-0.2, 0) is 0 Å². The second kappa shape index (κ2) is 4.09. The van der Waals surface area contributed by atoms with Crippen molar-refractivity contribution in [2.45, 2.75) is 0 Å². The molecule has 0 rings (SSSR count). The molecule has 27 valence electrons. The van der Waals surface area contributed by atoms with E-state index >= 15 is 0 Å². The molecule has 0 spiro atoms. The molecule has 0 aromatic carbocycles. The van der Waals surface area contributed by atoms with Crippen LogP contribution < -0.4 is 0 Å². The lowest BCUT2D eigenvalue weighted by molar-refractivity contribution is 1.83. The SMILES string of the molecule is [C]SCC=C. The molecule has 0 saturated heterocycles. The molecular weight excluding hydrogens is 80.1 g/mol. The molecule has 0 aliphatic carbocycles. The third-order valence-electron chi connectivity index (χ3n) is 0.201. The van der Waals surface area contributed by atoms with Gasteiger partial charge >= 0.3 is 0 Å². The maximum Gasteiger partial charge on any atom is 0.0690 e. The highest BCUT2D eigenvalue weighted by Crippen LogP contribution is 1.90. The van der Waals surface area contributed by atoms with Crippen molar-refractivity contribution in [3.63, 3.8) is 0 Å². The van der Waals surface area contributed by atoms with Crippen LogP contribution in [0, 0.1) is 6.26 Å². The van der Waals surface area contributed by atoms with E-state index in [0.29, 0.717) is 0 Å². The molecule has 0 aromatic heterocycles. The highest BCUT2D eigenvalue weighted by atomic mass is 32.2. The van der Waals surface area contributed by atoms with E-state index < -0.39 is 0 Å². The number of hydrogen-bond acceptors (Lipinski definition) is 1. The van der Waals surface area contributed by atoms with Crippen molar-refractivity contribution in [2.75, 3.05) is 5.75 Å². The fourth-order valence-corrected chi connectivity index (χ4v) is 0.177. The predicted molar refractivity (Wildman–Crippen MR) is 25.9 cm³/mol. The van der Waals surface area contributed by atoms with Crippen molar-refractivity contribution in [1.82, 2.24) is 0 Å². The second-order valence-corrected chi connectivity index (χ2v) is 1.22. The molecule has 1 heteroatoms. The van der Waals surface area contributed by atoms with Crippen LogP contribution in [0.25, 0.3) is 0 Å².